The van der Waals surface area contributed by atoms with E-state index in [0.717, 1.165) is 18.7 Å². The standard InChI is InChI=1S/C13H17NO/c1-3-6-13(15)14-9-10(2)11-7-4-5-8-12(11)14/h4-5,7-8,10H,3,6,9H2,1-2H3. The number of anilines is 1. The van der Waals surface area contributed by atoms with E-state index >= 15 is 0 Å². The molecule has 80 valence electrons. The van der Waals surface area contributed by atoms with Gasteiger partial charge in [0.25, 0.3) is 0 Å². The molecule has 0 radical (unpaired) electrons. The first-order valence-electron chi connectivity index (χ1n) is 5.63. The molecule has 15 heavy (non-hydrogen) atoms. The minimum Gasteiger partial charge on any atom is -0.312 e. The zero-order valence-electron chi connectivity index (χ0n) is 9.36. The quantitative estimate of drug-likeness (QED) is 0.723. The van der Waals surface area contributed by atoms with Crippen LogP contribution in [0.3, 0.4) is 0 Å². The van der Waals surface area contributed by atoms with E-state index in [2.05, 4.69) is 13.0 Å². The zero-order valence-corrected chi connectivity index (χ0v) is 9.36. The van der Waals surface area contributed by atoms with Gasteiger partial charge in [0.1, 0.15) is 0 Å². The number of amides is 1. The van der Waals surface area contributed by atoms with Crippen LogP contribution in [0.4, 0.5) is 5.69 Å². The Balaban J connectivity index is 2.28. The maximum absolute atomic E-state index is 11.9. The summed E-state index contributed by atoms with van der Waals surface area (Å²) in [5.41, 5.74) is 2.42. The first-order valence-corrected chi connectivity index (χ1v) is 5.63. The fourth-order valence-corrected chi connectivity index (χ4v) is 2.21. The van der Waals surface area contributed by atoms with Crippen molar-refractivity contribution in [3.05, 3.63) is 29.8 Å². The summed E-state index contributed by atoms with van der Waals surface area (Å²) >= 11 is 0. The highest BCUT2D eigenvalue weighted by atomic mass is 16.2. The summed E-state index contributed by atoms with van der Waals surface area (Å²) in [6.07, 6.45) is 1.58. The van der Waals surface area contributed by atoms with Gasteiger partial charge in [-0.15, -0.1) is 0 Å². The molecule has 1 aliphatic rings. The van der Waals surface area contributed by atoms with Crippen molar-refractivity contribution in [1.29, 1.82) is 0 Å². The van der Waals surface area contributed by atoms with Gasteiger partial charge in [0.2, 0.25) is 5.91 Å². The first-order chi connectivity index (χ1) is 7.24. The molecule has 0 N–H and O–H groups in total. The van der Waals surface area contributed by atoms with Gasteiger partial charge in [-0.1, -0.05) is 32.0 Å². The van der Waals surface area contributed by atoms with Crippen LogP contribution < -0.4 is 4.90 Å². The van der Waals surface area contributed by atoms with Gasteiger partial charge in [0, 0.05) is 24.6 Å². The van der Waals surface area contributed by atoms with Gasteiger partial charge in [0.15, 0.2) is 0 Å². The zero-order chi connectivity index (χ0) is 10.8. The Morgan fingerprint density at radius 1 is 1.47 bits per heavy atom. The number of nitrogens with zero attached hydrogens (tertiary/aromatic N) is 1. The third kappa shape index (κ3) is 1.76. The predicted octanol–water partition coefficient (Wildman–Crippen LogP) is 2.94. The van der Waals surface area contributed by atoms with Crippen molar-refractivity contribution in [2.24, 2.45) is 0 Å². The molecule has 1 aliphatic heterocycles. The molecular weight excluding hydrogens is 186 g/mol. The van der Waals surface area contributed by atoms with E-state index in [1.807, 2.05) is 30.0 Å². The first kappa shape index (κ1) is 10.2. The van der Waals surface area contributed by atoms with Crippen molar-refractivity contribution in [3.63, 3.8) is 0 Å². The summed E-state index contributed by atoms with van der Waals surface area (Å²) in [4.78, 5) is 13.8. The van der Waals surface area contributed by atoms with Gasteiger partial charge < -0.3 is 4.90 Å². The maximum Gasteiger partial charge on any atom is 0.226 e. The molecule has 0 aliphatic carbocycles. The van der Waals surface area contributed by atoms with Crippen LogP contribution >= 0.6 is 0 Å². The summed E-state index contributed by atoms with van der Waals surface area (Å²) in [5.74, 6) is 0.733. The molecule has 1 heterocycles. The molecule has 2 heteroatoms. The molecule has 1 unspecified atom stereocenters. The van der Waals surface area contributed by atoms with Crippen LogP contribution in [0.1, 0.15) is 38.2 Å². The number of carbonyl (C=O) groups excluding carboxylic acids is 1. The average Bonchev–Trinajstić information content (AvgIpc) is 2.58. The molecule has 0 bridgehead atoms. The van der Waals surface area contributed by atoms with Crippen molar-refractivity contribution in [2.45, 2.75) is 32.6 Å². The van der Waals surface area contributed by atoms with Crippen LogP contribution in [0.5, 0.6) is 0 Å². The molecule has 0 saturated carbocycles. The SMILES string of the molecule is CCCC(=O)N1CC(C)c2ccccc21. The Morgan fingerprint density at radius 3 is 2.93 bits per heavy atom. The van der Waals surface area contributed by atoms with Gasteiger partial charge >= 0.3 is 0 Å². The highest BCUT2D eigenvalue weighted by molar-refractivity contribution is 5.95. The van der Waals surface area contributed by atoms with Crippen LogP contribution in [0.15, 0.2) is 24.3 Å². The largest absolute Gasteiger partial charge is 0.312 e. The number of carbonyl (C=O) groups is 1. The second-order valence-corrected chi connectivity index (χ2v) is 4.21. The molecule has 0 spiro atoms. The third-order valence-electron chi connectivity index (χ3n) is 2.98. The Bertz CT molecular complexity index is 373. The topological polar surface area (TPSA) is 20.3 Å². The third-order valence-corrected chi connectivity index (χ3v) is 2.98. The summed E-state index contributed by atoms with van der Waals surface area (Å²) in [5, 5.41) is 0. The molecule has 1 aromatic carbocycles. The molecule has 1 amide bonds. The normalized spacial score (nSPS) is 19.1. The van der Waals surface area contributed by atoms with E-state index in [9.17, 15) is 4.79 Å². The second kappa shape index (κ2) is 4.05. The van der Waals surface area contributed by atoms with Crippen LogP contribution in [-0.4, -0.2) is 12.5 Å². The Kier molecular flexibility index (Phi) is 2.76. The van der Waals surface area contributed by atoms with Gasteiger partial charge in [-0.25, -0.2) is 0 Å². The number of rotatable bonds is 2. The van der Waals surface area contributed by atoms with Gasteiger partial charge in [0.05, 0.1) is 0 Å². The predicted molar refractivity (Wildman–Crippen MR) is 62.1 cm³/mol. The fraction of sp³-hybridized carbons (Fsp3) is 0.462. The van der Waals surface area contributed by atoms with E-state index < -0.39 is 0 Å². The smallest absolute Gasteiger partial charge is 0.226 e. The lowest BCUT2D eigenvalue weighted by Gasteiger charge is -2.16. The average molecular weight is 203 g/mol. The van der Waals surface area contributed by atoms with E-state index in [1.165, 1.54) is 5.56 Å². The van der Waals surface area contributed by atoms with Crippen molar-refractivity contribution in [3.8, 4) is 0 Å². The highest BCUT2D eigenvalue weighted by Gasteiger charge is 2.28. The van der Waals surface area contributed by atoms with Crippen LogP contribution in [0.25, 0.3) is 0 Å². The van der Waals surface area contributed by atoms with Gasteiger partial charge in [-0.2, -0.15) is 0 Å². The van der Waals surface area contributed by atoms with Gasteiger partial charge in [-0.05, 0) is 18.1 Å². The number of hydrogen-bond acceptors (Lipinski definition) is 1. The Morgan fingerprint density at radius 2 is 2.20 bits per heavy atom. The van der Waals surface area contributed by atoms with Crippen LogP contribution in [0, 0.1) is 0 Å². The number of para-hydroxylation sites is 1. The van der Waals surface area contributed by atoms with Gasteiger partial charge in [-0.3, -0.25) is 4.79 Å². The van der Waals surface area contributed by atoms with E-state index in [1.54, 1.807) is 0 Å². The second-order valence-electron chi connectivity index (χ2n) is 4.21. The molecule has 1 aromatic rings. The van der Waals surface area contributed by atoms with E-state index in [-0.39, 0.29) is 5.91 Å². The minimum absolute atomic E-state index is 0.259. The van der Waals surface area contributed by atoms with Crippen molar-refractivity contribution >= 4 is 11.6 Å². The van der Waals surface area contributed by atoms with E-state index in [4.69, 9.17) is 0 Å². The van der Waals surface area contributed by atoms with Crippen molar-refractivity contribution in [2.75, 3.05) is 11.4 Å². The molecule has 0 fully saturated rings. The lowest BCUT2D eigenvalue weighted by atomic mass is 10.0. The molecular formula is C13H17NO. The summed E-state index contributed by atoms with van der Waals surface area (Å²) in [7, 11) is 0. The van der Waals surface area contributed by atoms with E-state index in [0.29, 0.717) is 12.3 Å². The molecule has 2 nitrogen and oxygen atoms in total. The minimum atomic E-state index is 0.259. The number of fused-ring (bicyclic) bond motifs is 1. The number of benzene rings is 1. The molecule has 2 rings (SSSR count). The fourth-order valence-electron chi connectivity index (χ4n) is 2.21. The molecule has 0 aromatic heterocycles. The lowest BCUT2D eigenvalue weighted by molar-refractivity contribution is -0.118. The van der Waals surface area contributed by atoms with Crippen molar-refractivity contribution in [1.82, 2.24) is 0 Å². The Hall–Kier alpha value is -1.31. The lowest BCUT2D eigenvalue weighted by Crippen LogP contribution is -2.28. The summed E-state index contributed by atoms with van der Waals surface area (Å²) < 4.78 is 0. The maximum atomic E-state index is 11.9. The summed E-state index contributed by atoms with van der Waals surface area (Å²) in [6.45, 7) is 5.07. The van der Waals surface area contributed by atoms with Crippen molar-refractivity contribution < 1.29 is 4.79 Å². The summed E-state index contributed by atoms with van der Waals surface area (Å²) in [6, 6.07) is 8.22. The molecule has 1 atom stereocenters. The highest BCUT2D eigenvalue weighted by Crippen LogP contribution is 2.35. The van der Waals surface area contributed by atoms with Crippen LogP contribution in [0.2, 0.25) is 0 Å². The Labute approximate surface area is 90.9 Å². The van der Waals surface area contributed by atoms with Crippen LogP contribution in [-0.2, 0) is 4.79 Å². The molecule has 0 saturated heterocycles. The monoisotopic (exact) mass is 203 g/mol. The number of hydrogen-bond donors (Lipinski definition) is 0.